The number of rotatable bonds is 4. The third kappa shape index (κ3) is 4.88. The number of hydrazine groups is 1. The molecule has 2 aromatic rings. The van der Waals surface area contributed by atoms with E-state index in [1.165, 1.54) is 24.3 Å². The van der Waals surface area contributed by atoms with Gasteiger partial charge in [0.05, 0.1) is 11.1 Å². The number of benzene rings is 2. The van der Waals surface area contributed by atoms with Crippen LogP contribution in [0.5, 0.6) is 0 Å². The van der Waals surface area contributed by atoms with Crippen LogP contribution in [-0.2, 0) is 9.53 Å². The van der Waals surface area contributed by atoms with Gasteiger partial charge >= 0.3 is 5.97 Å². The van der Waals surface area contributed by atoms with Crippen molar-refractivity contribution in [3.8, 4) is 0 Å². The number of carbonyl (C=O) groups is 3. The normalized spacial score (nSPS) is 9.92. The number of ether oxygens (including phenoxy) is 1. The molecule has 2 aromatic carbocycles. The molecule has 0 fully saturated rings. The second-order valence-corrected chi connectivity index (χ2v) is 5.48. The first kappa shape index (κ1) is 17.6. The number of hydrogen-bond acceptors (Lipinski definition) is 4. The van der Waals surface area contributed by atoms with E-state index in [2.05, 4.69) is 15.9 Å². The molecule has 6 nitrogen and oxygen atoms in total. The van der Waals surface area contributed by atoms with Gasteiger partial charge in [-0.2, -0.15) is 0 Å². The van der Waals surface area contributed by atoms with Gasteiger partial charge in [0.15, 0.2) is 6.61 Å². The quantitative estimate of drug-likeness (QED) is 0.614. The van der Waals surface area contributed by atoms with Crippen molar-refractivity contribution >= 4 is 33.7 Å². The van der Waals surface area contributed by atoms with E-state index < -0.39 is 30.2 Å². The summed E-state index contributed by atoms with van der Waals surface area (Å²) in [6, 6.07) is 11.8. The maximum absolute atomic E-state index is 13.4. The van der Waals surface area contributed by atoms with Crippen molar-refractivity contribution in [1.82, 2.24) is 10.9 Å². The minimum absolute atomic E-state index is 0.219. The molecule has 2 rings (SSSR count). The zero-order valence-electron chi connectivity index (χ0n) is 12.2. The summed E-state index contributed by atoms with van der Waals surface area (Å²) < 4.78 is 18.9. The SMILES string of the molecule is O=C(COC(=O)c1cccc(Br)c1)NNC(=O)c1ccccc1F. The summed E-state index contributed by atoms with van der Waals surface area (Å²) in [6.45, 7) is -0.594. The molecule has 124 valence electrons. The highest BCUT2D eigenvalue weighted by molar-refractivity contribution is 9.10. The van der Waals surface area contributed by atoms with E-state index in [1.807, 2.05) is 10.9 Å². The standard InChI is InChI=1S/C16H12BrFN2O4/c17-11-5-3-4-10(8-11)16(23)24-9-14(21)19-20-15(22)12-6-1-2-7-13(12)18/h1-8H,9H2,(H,19,21)(H,20,22). The van der Waals surface area contributed by atoms with Gasteiger partial charge in [-0.25, -0.2) is 9.18 Å². The lowest BCUT2D eigenvalue weighted by Crippen LogP contribution is -2.43. The minimum Gasteiger partial charge on any atom is -0.452 e. The number of nitrogens with one attached hydrogen (secondary N) is 2. The summed E-state index contributed by atoms with van der Waals surface area (Å²) in [5.41, 5.74) is 4.12. The molecule has 0 aliphatic heterocycles. The molecule has 0 saturated heterocycles. The number of amides is 2. The third-order valence-corrected chi connectivity index (χ3v) is 3.32. The van der Waals surface area contributed by atoms with E-state index in [1.54, 1.807) is 18.2 Å². The highest BCUT2D eigenvalue weighted by Crippen LogP contribution is 2.12. The van der Waals surface area contributed by atoms with Crippen LogP contribution in [0.2, 0.25) is 0 Å². The highest BCUT2D eigenvalue weighted by atomic mass is 79.9. The summed E-state index contributed by atoms with van der Waals surface area (Å²) in [4.78, 5) is 35.0. The summed E-state index contributed by atoms with van der Waals surface area (Å²) in [6.07, 6.45) is 0. The molecule has 0 spiro atoms. The second kappa shape index (κ2) is 8.21. The van der Waals surface area contributed by atoms with E-state index in [4.69, 9.17) is 4.74 Å². The molecule has 2 amide bonds. The maximum Gasteiger partial charge on any atom is 0.338 e. The van der Waals surface area contributed by atoms with E-state index in [0.29, 0.717) is 4.47 Å². The maximum atomic E-state index is 13.4. The summed E-state index contributed by atoms with van der Waals surface area (Å²) in [5, 5.41) is 0. The molecule has 0 heterocycles. The Kier molecular flexibility index (Phi) is 6.02. The topological polar surface area (TPSA) is 84.5 Å². The van der Waals surface area contributed by atoms with Crippen molar-refractivity contribution in [2.24, 2.45) is 0 Å². The molecule has 0 saturated carbocycles. The molecule has 0 atom stereocenters. The van der Waals surface area contributed by atoms with E-state index in [-0.39, 0.29) is 11.1 Å². The van der Waals surface area contributed by atoms with Crippen LogP contribution in [0, 0.1) is 5.82 Å². The fourth-order valence-corrected chi connectivity index (χ4v) is 2.10. The van der Waals surface area contributed by atoms with Gasteiger partial charge in [0.1, 0.15) is 5.82 Å². The lowest BCUT2D eigenvalue weighted by atomic mass is 10.2. The van der Waals surface area contributed by atoms with Gasteiger partial charge in [-0.05, 0) is 30.3 Å². The van der Waals surface area contributed by atoms with E-state index in [0.717, 1.165) is 6.07 Å². The van der Waals surface area contributed by atoms with Gasteiger partial charge < -0.3 is 4.74 Å². The minimum atomic E-state index is -0.820. The zero-order chi connectivity index (χ0) is 17.5. The van der Waals surface area contributed by atoms with Gasteiger partial charge in [-0.15, -0.1) is 0 Å². The van der Waals surface area contributed by atoms with Gasteiger partial charge in [0, 0.05) is 4.47 Å². The Morgan fingerprint density at radius 3 is 2.50 bits per heavy atom. The first-order valence-electron chi connectivity index (χ1n) is 6.74. The van der Waals surface area contributed by atoms with Crippen LogP contribution in [-0.4, -0.2) is 24.4 Å². The molecule has 0 aliphatic carbocycles. The Bertz CT molecular complexity index is 782. The van der Waals surface area contributed by atoms with Crippen LogP contribution in [0.25, 0.3) is 0 Å². The van der Waals surface area contributed by atoms with Gasteiger partial charge in [-0.3, -0.25) is 20.4 Å². The van der Waals surface area contributed by atoms with Crippen molar-refractivity contribution in [2.75, 3.05) is 6.61 Å². The number of halogens is 2. The molecule has 0 aromatic heterocycles. The number of hydrogen-bond donors (Lipinski definition) is 2. The summed E-state index contributed by atoms with van der Waals surface area (Å²) >= 11 is 3.21. The van der Waals surface area contributed by atoms with Crippen molar-refractivity contribution in [1.29, 1.82) is 0 Å². The van der Waals surface area contributed by atoms with Crippen LogP contribution in [0.4, 0.5) is 4.39 Å². The first-order valence-corrected chi connectivity index (χ1v) is 7.53. The van der Waals surface area contributed by atoms with Crippen LogP contribution in [0.3, 0.4) is 0 Å². The zero-order valence-corrected chi connectivity index (χ0v) is 13.8. The fraction of sp³-hybridized carbons (Fsp3) is 0.0625. The molecule has 0 radical (unpaired) electrons. The van der Waals surface area contributed by atoms with Crippen LogP contribution < -0.4 is 10.9 Å². The summed E-state index contributed by atoms with van der Waals surface area (Å²) in [5.74, 6) is -2.99. The predicted molar refractivity (Wildman–Crippen MR) is 86.4 cm³/mol. The average Bonchev–Trinajstić information content (AvgIpc) is 2.58. The predicted octanol–water partition coefficient (Wildman–Crippen LogP) is 2.21. The lowest BCUT2D eigenvalue weighted by molar-refractivity contribution is -0.125. The van der Waals surface area contributed by atoms with Gasteiger partial charge in [0.25, 0.3) is 11.8 Å². The smallest absolute Gasteiger partial charge is 0.338 e. The monoisotopic (exact) mass is 394 g/mol. The average molecular weight is 395 g/mol. The Hall–Kier alpha value is -2.74. The van der Waals surface area contributed by atoms with Gasteiger partial charge in [-0.1, -0.05) is 34.1 Å². The Morgan fingerprint density at radius 1 is 1.04 bits per heavy atom. The largest absolute Gasteiger partial charge is 0.452 e. The van der Waals surface area contributed by atoms with Gasteiger partial charge in [0.2, 0.25) is 0 Å². The highest BCUT2D eigenvalue weighted by Gasteiger charge is 2.13. The Labute approximate surface area is 145 Å². The van der Waals surface area contributed by atoms with Crippen LogP contribution in [0.1, 0.15) is 20.7 Å². The fourth-order valence-electron chi connectivity index (χ4n) is 1.71. The van der Waals surface area contributed by atoms with E-state index >= 15 is 0 Å². The second-order valence-electron chi connectivity index (χ2n) is 4.57. The molecule has 2 N–H and O–H groups in total. The number of esters is 1. The summed E-state index contributed by atoms with van der Waals surface area (Å²) in [7, 11) is 0. The van der Waals surface area contributed by atoms with Crippen molar-refractivity contribution in [3.05, 3.63) is 69.9 Å². The molecule has 8 heteroatoms. The first-order chi connectivity index (χ1) is 11.5. The lowest BCUT2D eigenvalue weighted by Gasteiger charge is -2.08. The molecular weight excluding hydrogens is 383 g/mol. The Balaban J connectivity index is 1.80. The number of carbonyl (C=O) groups excluding carboxylic acids is 3. The third-order valence-electron chi connectivity index (χ3n) is 2.83. The van der Waals surface area contributed by atoms with Crippen molar-refractivity contribution in [3.63, 3.8) is 0 Å². The molecule has 0 unspecified atom stereocenters. The molecular formula is C16H12BrFN2O4. The Morgan fingerprint density at radius 2 is 1.79 bits per heavy atom. The van der Waals surface area contributed by atoms with Crippen molar-refractivity contribution in [2.45, 2.75) is 0 Å². The molecule has 0 aliphatic rings. The van der Waals surface area contributed by atoms with Crippen LogP contribution >= 0.6 is 15.9 Å². The molecule has 0 bridgehead atoms. The van der Waals surface area contributed by atoms with E-state index in [9.17, 15) is 18.8 Å². The van der Waals surface area contributed by atoms with Crippen molar-refractivity contribution < 1.29 is 23.5 Å². The van der Waals surface area contributed by atoms with Crippen LogP contribution in [0.15, 0.2) is 53.0 Å². The molecule has 24 heavy (non-hydrogen) atoms.